The van der Waals surface area contributed by atoms with Crippen LogP contribution in [0.3, 0.4) is 0 Å². The Balaban J connectivity index is 0.000000157. The molecule has 4 aliphatic heterocycles. The maximum absolute atomic E-state index is 11.6. The van der Waals surface area contributed by atoms with Crippen molar-refractivity contribution in [2.45, 2.75) is 92.3 Å². The molecule has 2 unspecified atom stereocenters. The largest absolute Gasteiger partial charge is 0.485 e. The molecule has 384 valence electrons. The van der Waals surface area contributed by atoms with E-state index in [9.17, 15) is 28.6 Å². The molecule has 4 aromatic carbocycles. The van der Waals surface area contributed by atoms with Gasteiger partial charge in [-0.2, -0.15) is 8.42 Å². The highest BCUT2D eigenvalue weighted by Crippen LogP contribution is 2.47. The lowest BCUT2D eigenvalue weighted by Gasteiger charge is -2.34. The molecule has 0 radical (unpaired) electrons. The second kappa shape index (κ2) is 21.2. The van der Waals surface area contributed by atoms with Gasteiger partial charge in [-0.05, 0) is 121 Å². The zero-order valence-corrected chi connectivity index (χ0v) is 43.8. The van der Waals surface area contributed by atoms with Crippen LogP contribution in [0.4, 0.5) is 11.4 Å². The molecule has 0 saturated heterocycles. The SMILES string of the molecule is C1=C(c2ccc(-n3ccnc3)cc2)CCNC1.Cc1c(C)c([N+](=O)[O-])c(C)c2c1OC(C)(CN1CC=C(c3ccc(-n4ccnc4)cc3)CC1)C2.Cc1c(C)c([N+](=O)[O-])c(C)c2c1OC(C)(COS(C)(=O)=O)C2. The minimum atomic E-state index is -3.58. The van der Waals surface area contributed by atoms with E-state index in [2.05, 4.69) is 87.8 Å². The van der Waals surface area contributed by atoms with Gasteiger partial charge in [-0.3, -0.25) is 29.3 Å². The number of aromatic nitrogens is 4. The fourth-order valence-corrected chi connectivity index (χ4v) is 10.8. The fourth-order valence-electron chi connectivity index (χ4n) is 10.3. The van der Waals surface area contributed by atoms with Gasteiger partial charge in [0.05, 0.1) is 28.8 Å². The summed E-state index contributed by atoms with van der Waals surface area (Å²) in [5.41, 5.74) is 12.6. The zero-order chi connectivity index (χ0) is 52.4. The van der Waals surface area contributed by atoms with Crippen LogP contribution in [0, 0.1) is 61.8 Å². The first-order chi connectivity index (χ1) is 34.6. The average molecular weight is 1010 g/mol. The van der Waals surface area contributed by atoms with Crippen LogP contribution in [0.2, 0.25) is 0 Å². The molecule has 6 aromatic rings. The molecule has 0 bridgehead atoms. The summed E-state index contributed by atoms with van der Waals surface area (Å²) in [5, 5.41) is 26.2. The summed E-state index contributed by atoms with van der Waals surface area (Å²) < 4.78 is 43.6. The summed E-state index contributed by atoms with van der Waals surface area (Å²) in [7, 11) is -3.58. The lowest BCUT2D eigenvalue weighted by Crippen LogP contribution is -2.45. The minimum Gasteiger partial charge on any atom is -0.485 e. The number of nitrogens with one attached hydrogen (secondary N) is 1. The van der Waals surface area contributed by atoms with Gasteiger partial charge in [-0.15, -0.1) is 0 Å². The molecule has 10 rings (SSSR count). The van der Waals surface area contributed by atoms with E-state index in [1.165, 1.54) is 22.3 Å². The van der Waals surface area contributed by atoms with Crippen molar-refractivity contribution < 1.29 is 31.9 Å². The Morgan fingerprint density at radius 2 is 1.16 bits per heavy atom. The van der Waals surface area contributed by atoms with Crippen LogP contribution < -0.4 is 14.8 Å². The standard InChI is InChI=1S/C27H30N4O3.C14H15N3.C14H19NO6S/c1-18-19(2)26-24(20(3)25(18)31(32)33)15-27(4,34-26)16-29-12-9-22(10-13-29)21-5-7-23(8-6-21)30-14-11-28-17-30;1-3-14(17-10-9-16-11-17)4-2-12(1)13-5-7-15-8-6-13;1-8-9(2)13-11(10(3)12(8)15(16)17)6-14(4,21-13)7-20-22(5,18)19/h5-9,11,14,17H,10,12-13,15-16H2,1-4H3;1-5,9-11,15H,6-8H2;6-7H2,1-5H3. The third kappa shape index (κ3) is 11.6. The van der Waals surface area contributed by atoms with Crippen molar-refractivity contribution >= 4 is 32.6 Å². The number of hydrogen-bond acceptors (Lipinski definition) is 13. The van der Waals surface area contributed by atoms with Gasteiger partial charge >= 0.3 is 0 Å². The van der Waals surface area contributed by atoms with Crippen LogP contribution in [0.5, 0.6) is 11.5 Å². The lowest BCUT2D eigenvalue weighted by atomic mass is 9.91. The minimum absolute atomic E-state index is 0.0909. The molecule has 0 amide bonds. The molecule has 73 heavy (non-hydrogen) atoms. The maximum atomic E-state index is 11.6. The van der Waals surface area contributed by atoms with E-state index in [1.807, 2.05) is 48.6 Å². The topological polar surface area (TPSA) is 199 Å². The van der Waals surface area contributed by atoms with E-state index in [0.717, 1.165) is 91.2 Å². The first-order valence-electron chi connectivity index (χ1n) is 24.4. The van der Waals surface area contributed by atoms with Gasteiger partial charge < -0.3 is 23.9 Å². The summed E-state index contributed by atoms with van der Waals surface area (Å²) in [6.07, 6.45) is 19.8. The highest BCUT2D eigenvalue weighted by Gasteiger charge is 2.42. The number of ether oxygens (including phenoxy) is 2. The van der Waals surface area contributed by atoms with Crippen LogP contribution >= 0.6 is 0 Å². The van der Waals surface area contributed by atoms with Crippen molar-refractivity contribution in [3.63, 3.8) is 0 Å². The molecule has 6 heterocycles. The smallest absolute Gasteiger partial charge is 0.275 e. The Bertz CT molecular complexity index is 3210. The van der Waals surface area contributed by atoms with Crippen molar-refractivity contribution in [1.82, 2.24) is 29.3 Å². The highest BCUT2D eigenvalue weighted by molar-refractivity contribution is 7.86. The van der Waals surface area contributed by atoms with E-state index < -0.39 is 21.3 Å². The van der Waals surface area contributed by atoms with Crippen molar-refractivity contribution in [3.8, 4) is 22.9 Å². The number of nitrogens with zero attached hydrogens (tertiary/aromatic N) is 7. The van der Waals surface area contributed by atoms with Crippen molar-refractivity contribution in [2.24, 2.45) is 0 Å². The summed E-state index contributed by atoms with van der Waals surface area (Å²) in [6, 6.07) is 17.3. The van der Waals surface area contributed by atoms with E-state index in [-0.39, 0.29) is 27.8 Å². The number of imidazole rings is 2. The molecule has 0 fully saturated rings. The first-order valence-corrected chi connectivity index (χ1v) is 26.2. The third-order valence-electron chi connectivity index (χ3n) is 14.4. The molecule has 17 nitrogen and oxygen atoms in total. The van der Waals surface area contributed by atoms with Gasteiger partial charge in [0, 0.05) is 120 Å². The zero-order valence-electron chi connectivity index (χ0n) is 43.0. The monoisotopic (exact) mass is 1010 g/mol. The Morgan fingerprint density at radius 3 is 1.58 bits per heavy atom. The normalized spacial score (nSPS) is 19.2. The summed E-state index contributed by atoms with van der Waals surface area (Å²) >= 11 is 0. The van der Waals surface area contributed by atoms with E-state index in [1.54, 1.807) is 46.4 Å². The highest BCUT2D eigenvalue weighted by atomic mass is 32.2. The molecule has 0 aliphatic carbocycles. The lowest BCUT2D eigenvalue weighted by molar-refractivity contribution is -0.386. The number of rotatable bonds is 11. The molecule has 0 saturated carbocycles. The van der Waals surface area contributed by atoms with Crippen molar-refractivity contribution in [3.05, 3.63) is 174 Å². The van der Waals surface area contributed by atoms with E-state index >= 15 is 0 Å². The average Bonchev–Trinajstić information content (AvgIpc) is 4.21. The molecule has 2 atom stereocenters. The summed E-state index contributed by atoms with van der Waals surface area (Å²) in [5.74, 6) is 1.44. The van der Waals surface area contributed by atoms with Crippen LogP contribution in [-0.2, 0) is 27.1 Å². The van der Waals surface area contributed by atoms with Gasteiger partial charge in [-0.25, -0.2) is 9.97 Å². The fraction of sp³-hybridized carbons (Fsp3) is 0.382. The van der Waals surface area contributed by atoms with Crippen LogP contribution in [0.15, 0.2) is 98.1 Å². The van der Waals surface area contributed by atoms with Gasteiger partial charge in [0.1, 0.15) is 29.3 Å². The number of benzene rings is 4. The van der Waals surface area contributed by atoms with Crippen molar-refractivity contribution in [1.29, 1.82) is 0 Å². The second-order valence-corrected chi connectivity index (χ2v) is 21.6. The Morgan fingerprint density at radius 1 is 0.685 bits per heavy atom. The predicted octanol–water partition coefficient (Wildman–Crippen LogP) is 9.63. The molecule has 2 aromatic heterocycles. The van der Waals surface area contributed by atoms with Gasteiger partial charge in [0.15, 0.2) is 0 Å². The quantitative estimate of drug-likeness (QED) is 0.0732. The number of nitro groups is 2. The molecular weight excluding hydrogens is 949 g/mol. The summed E-state index contributed by atoms with van der Waals surface area (Å²) in [6.45, 7) is 19.2. The molecule has 1 N–H and O–H groups in total. The van der Waals surface area contributed by atoms with Crippen molar-refractivity contribution in [2.75, 3.05) is 45.6 Å². The predicted molar refractivity (Wildman–Crippen MR) is 283 cm³/mol. The molecule has 0 spiro atoms. The second-order valence-electron chi connectivity index (χ2n) is 19.9. The van der Waals surface area contributed by atoms with E-state index in [4.69, 9.17) is 13.7 Å². The first kappa shape index (κ1) is 52.3. The Hall–Kier alpha value is -6.99. The number of hydrogen-bond donors (Lipinski definition) is 1. The molecular formula is C55H64N8O9S. The number of nitro benzene ring substituents is 2. The third-order valence-corrected chi connectivity index (χ3v) is 15.0. The van der Waals surface area contributed by atoms with Crippen LogP contribution in [0.25, 0.3) is 22.5 Å². The van der Waals surface area contributed by atoms with Crippen LogP contribution in [-0.4, -0.2) is 99.1 Å². The van der Waals surface area contributed by atoms with Crippen LogP contribution in [0.1, 0.15) is 82.3 Å². The van der Waals surface area contributed by atoms with Gasteiger partial charge in [0.2, 0.25) is 0 Å². The molecule has 18 heteroatoms. The number of fused-ring (bicyclic) bond motifs is 2. The Kier molecular flexibility index (Phi) is 15.2. The Labute approximate surface area is 427 Å². The summed E-state index contributed by atoms with van der Waals surface area (Å²) in [4.78, 5) is 32.9. The van der Waals surface area contributed by atoms with Gasteiger partial charge in [-0.1, -0.05) is 36.4 Å². The van der Waals surface area contributed by atoms with Gasteiger partial charge in [0.25, 0.3) is 21.5 Å². The molecule has 4 aliphatic rings. The maximum Gasteiger partial charge on any atom is 0.275 e. The van der Waals surface area contributed by atoms with E-state index in [0.29, 0.717) is 40.8 Å².